The Morgan fingerprint density at radius 2 is 1.90 bits per heavy atom. The molecule has 6 nitrogen and oxygen atoms in total. The number of carbonyl (C=O) groups is 1. The van der Waals surface area contributed by atoms with Crippen molar-refractivity contribution in [1.29, 1.82) is 0 Å². The predicted octanol–water partition coefficient (Wildman–Crippen LogP) is 4.00. The Hall–Kier alpha value is -2.90. The van der Waals surface area contributed by atoms with Gasteiger partial charge in [-0.05, 0) is 49.6 Å². The van der Waals surface area contributed by atoms with Crippen LogP contribution < -0.4 is 10.4 Å². The van der Waals surface area contributed by atoms with Crippen LogP contribution in [-0.4, -0.2) is 41.7 Å². The van der Waals surface area contributed by atoms with Crippen LogP contribution in [0.15, 0.2) is 51.7 Å². The summed E-state index contributed by atoms with van der Waals surface area (Å²) in [6.07, 6.45) is 1.90. The molecule has 1 fully saturated rings. The number of fused-ring (bicyclic) bond motifs is 1. The summed E-state index contributed by atoms with van der Waals surface area (Å²) in [6, 6.07) is 10.00. The van der Waals surface area contributed by atoms with Gasteiger partial charge in [-0.25, -0.2) is 9.18 Å². The van der Waals surface area contributed by atoms with E-state index in [1.807, 2.05) is 0 Å². The molecule has 0 saturated carbocycles. The Kier molecular flexibility index (Phi) is 6.25. The second kappa shape index (κ2) is 9.08. The van der Waals surface area contributed by atoms with Crippen LogP contribution in [0.25, 0.3) is 22.1 Å². The van der Waals surface area contributed by atoms with Crippen molar-refractivity contribution in [3.63, 3.8) is 0 Å². The van der Waals surface area contributed by atoms with Gasteiger partial charge in [0.2, 0.25) is 0 Å². The molecule has 0 radical (unpaired) electrons. The summed E-state index contributed by atoms with van der Waals surface area (Å²) in [5.74, 6) is -0.469. The molecule has 1 aliphatic heterocycles. The average Bonchev–Trinajstić information content (AvgIpc) is 2.77. The van der Waals surface area contributed by atoms with Gasteiger partial charge in [-0.3, -0.25) is 4.79 Å². The summed E-state index contributed by atoms with van der Waals surface area (Å²) in [7, 11) is 0. The van der Waals surface area contributed by atoms with Crippen molar-refractivity contribution >= 4 is 28.5 Å². The largest absolute Gasteiger partial charge is 0.478 e. The maximum Gasteiger partial charge on any atom is 0.336 e. The number of rotatable bonds is 5. The second-order valence-corrected chi connectivity index (χ2v) is 7.84. The van der Waals surface area contributed by atoms with E-state index >= 15 is 0 Å². The van der Waals surface area contributed by atoms with Gasteiger partial charge in [0.1, 0.15) is 17.1 Å². The Morgan fingerprint density at radius 3 is 2.61 bits per heavy atom. The SMILES string of the molecule is O=C([C@@H](CO)Oc1ccc2c(-c3ccc(F)cc3Cl)cc(=O)oc2c1)N1CCCCC1. The summed E-state index contributed by atoms with van der Waals surface area (Å²) in [5, 5.41) is 10.4. The number of piperidine rings is 1. The quantitative estimate of drug-likeness (QED) is 0.600. The molecule has 4 rings (SSSR count). The van der Waals surface area contributed by atoms with Crippen LogP contribution in [0.3, 0.4) is 0 Å². The molecule has 1 saturated heterocycles. The van der Waals surface area contributed by atoms with E-state index in [9.17, 15) is 19.1 Å². The van der Waals surface area contributed by atoms with Crippen molar-refractivity contribution in [2.75, 3.05) is 19.7 Å². The number of nitrogens with zero attached hydrogens (tertiary/aromatic N) is 1. The molecule has 1 atom stereocenters. The predicted molar refractivity (Wildman–Crippen MR) is 115 cm³/mol. The standard InChI is InChI=1S/C23H21ClFNO5/c24-19-10-14(25)4-6-16(19)18-12-22(28)31-20-11-15(5-7-17(18)20)30-21(13-27)23(29)26-8-2-1-3-9-26/h4-7,10-12,21,27H,1-3,8-9,13H2/t21-/m1/s1. The number of aliphatic hydroxyl groups excluding tert-OH is 1. The maximum atomic E-state index is 13.4. The number of likely N-dealkylation sites (tertiary alicyclic amines) is 1. The first-order valence-electron chi connectivity index (χ1n) is 10.1. The molecule has 0 spiro atoms. The normalized spacial score (nSPS) is 15.1. The monoisotopic (exact) mass is 445 g/mol. The van der Waals surface area contributed by atoms with Gasteiger partial charge in [0.25, 0.3) is 5.91 Å². The molecule has 8 heteroatoms. The fourth-order valence-corrected chi connectivity index (χ4v) is 4.06. The number of hydrogen-bond acceptors (Lipinski definition) is 5. The zero-order valence-electron chi connectivity index (χ0n) is 16.6. The van der Waals surface area contributed by atoms with Crippen molar-refractivity contribution < 1.29 is 23.4 Å². The molecule has 3 aromatic rings. The highest BCUT2D eigenvalue weighted by Crippen LogP contribution is 2.34. The number of carbonyl (C=O) groups excluding carboxylic acids is 1. The van der Waals surface area contributed by atoms with Gasteiger partial charge in [-0.15, -0.1) is 0 Å². The Balaban J connectivity index is 1.66. The molecule has 1 aromatic heterocycles. The Morgan fingerprint density at radius 1 is 1.13 bits per heavy atom. The van der Waals surface area contributed by atoms with Gasteiger partial charge >= 0.3 is 5.63 Å². The molecule has 2 aromatic carbocycles. The van der Waals surface area contributed by atoms with E-state index in [1.165, 1.54) is 30.3 Å². The lowest BCUT2D eigenvalue weighted by atomic mass is 10.0. The molecule has 0 aliphatic carbocycles. The van der Waals surface area contributed by atoms with Crippen molar-refractivity contribution in [3.8, 4) is 16.9 Å². The Bertz CT molecular complexity index is 1170. The van der Waals surface area contributed by atoms with Gasteiger partial charge in [-0.1, -0.05) is 11.6 Å². The molecule has 1 aliphatic rings. The summed E-state index contributed by atoms with van der Waals surface area (Å²) in [6.45, 7) is 0.822. The van der Waals surface area contributed by atoms with Crippen molar-refractivity contribution in [2.45, 2.75) is 25.4 Å². The average molecular weight is 446 g/mol. The van der Waals surface area contributed by atoms with E-state index in [2.05, 4.69) is 0 Å². The van der Waals surface area contributed by atoms with Gasteiger partial charge in [0.05, 0.1) is 11.6 Å². The lowest BCUT2D eigenvalue weighted by Gasteiger charge is -2.29. The van der Waals surface area contributed by atoms with Crippen LogP contribution >= 0.6 is 11.6 Å². The van der Waals surface area contributed by atoms with E-state index in [0.29, 0.717) is 29.6 Å². The molecular formula is C23H21ClFNO5. The third-order valence-electron chi connectivity index (χ3n) is 5.32. The van der Waals surface area contributed by atoms with Crippen LogP contribution in [0, 0.1) is 5.82 Å². The van der Waals surface area contributed by atoms with Crippen LogP contribution in [0.2, 0.25) is 5.02 Å². The minimum absolute atomic E-state index is 0.166. The number of amides is 1. The third-order valence-corrected chi connectivity index (χ3v) is 5.64. The third kappa shape index (κ3) is 4.57. The van der Waals surface area contributed by atoms with Crippen LogP contribution in [0.4, 0.5) is 4.39 Å². The zero-order chi connectivity index (χ0) is 22.0. The fraction of sp³-hybridized carbons (Fsp3) is 0.304. The maximum absolute atomic E-state index is 13.4. The second-order valence-electron chi connectivity index (χ2n) is 7.44. The van der Waals surface area contributed by atoms with Crippen molar-refractivity contribution in [1.82, 2.24) is 4.90 Å². The highest BCUT2D eigenvalue weighted by Gasteiger charge is 2.27. The molecule has 31 heavy (non-hydrogen) atoms. The molecule has 2 heterocycles. The fourth-order valence-electron chi connectivity index (χ4n) is 3.80. The van der Waals surface area contributed by atoms with Gasteiger partial charge < -0.3 is 19.2 Å². The van der Waals surface area contributed by atoms with E-state index < -0.39 is 24.2 Å². The minimum atomic E-state index is -1.04. The number of benzene rings is 2. The highest BCUT2D eigenvalue weighted by molar-refractivity contribution is 6.33. The molecular weight excluding hydrogens is 425 g/mol. The molecule has 1 N–H and O–H groups in total. The summed E-state index contributed by atoms with van der Waals surface area (Å²) in [5.41, 5.74) is 0.597. The summed E-state index contributed by atoms with van der Waals surface area (Å²) in [4.78, 5) is 26.5. The number of ether oxygens (including phenoxy) is 1. The topological polar surface area (TPSA) is 80.0 Å². The van der Waals surface area contributed by atoms with Crippen LogP contribution in [0.1, 0.15) is 19.3 Å². The first-order chi connectivity index (χ1) is 15.0. The first-order valence-corrected chi connectivity index (χ1v) is 10.4. The first kappa shape index (κ1) is 21.3. The van der Waals surface area contributed by atoms with Gasteiger partial charge in [0, 0.05) is 41.7 Å². The number of aliphatic hydroxyl groups is 1. The molecule has 1 amide bonds. The van der Waals surface area contributed by atoms with E-state index in [1.54, 1.807) is 17.0 Å². The Labute approximate surface area is 182 Å². The van der Waals surface area contributed by atoms with Crippen LogP contribution in [0.5, 0.6) is 5.75 Å². The molecule has 162 valence electrons. The number of hydrogen-bond donors (Lipinski definition) is 1. The lowest BCUT2D eigenvalue weighted by Crippen LogP contribution is -2.46. The van der Waals surface area contributed by atoms with E-state index in [4.69, 9.17) is 20.8 Å². The van der Waals surface area contributed by atoms with Gasteiger partial charge in [-0.2, -0.15) is 0 Å². The van der Waals surface area contributed by atoms with E-state index in [0.717, 1.165) is 19.3 Å². The van der Waals surface area contributed by atoms with Crippen molar-refractivity contribution in [2.24, 2.45) is 0 Å². The lowest BCUT2D eigenvalue weighted by molar-refractivity contribution is -0.141. The zero-order valence-corrected chi connectivity index (χ0v) is 17.4. The summed E-state index contributed by atoms with van der Waals surface area (Å²) < 4.78 is 24.5. The van der Waals surface area contributed by atoms with Crippen LogP contribution in [-0.2, 0) is 4.79 Å². The highest BCUT2D eigenvalue weighted by atomic mass is 35.5. The number of halogens is 2. The summed E-state index contributed by atoms with van der Waals surface area (Å²) >= 11 is 6.18. The molecule has 0 bridgehead atoms. The van der Waals surface area contributed by atoms with E-state index in [-0.39, 0.29) is 22.3 Å². The molecule has 0 unspecified atom stereocenters. The smallest absolute Gasteiger partial charge is 0.336 e. The minimum Gasteiger partial charge on any atom is -0.478 e. The van der Waals surface area contributed by atoms with Crippen molar-refractivity contribution in [3.05, 3.63) is 63.7 Å². The van der Waals surface area contributed by atoms with Gasteiger partial charge in [0.15, 0.2) is 6.10 Å².